The number of benzene rings is 1. The number of hydrogen-bond donors (Lipinski definition) is 1. The van der Waals surface area contributed by atoms with Crippen LogP contribution in [0.1, 0.15) is 45.2 Å². The van der Waals surface area contributed by atoms with E-state index in [0.29, 0.717) is 12.5 Å². The van der Waals surface area contributed by atoms with Crippen LogP contribution < -0.4 is 5.32 Å². The normalized spacial score (nSPS) is 12.4. The molecule has 0 bridgehead atoms. The molecule has 1 aromatic carbocycles. The average Bonchev–Trinajstić information content (AvgIpc) is 2.46. The van der Waals surface area contributed by atoms with Gasteiger partial charge < -0.3 is 10.1 Å². The van der Waals surface area contributed by atoms with Crippen LogP contribution in [0.15, 0.2) is 30.3 Å². The molecular formula is C16H25NO2. The van der Waals surface area contributed by atoms with Crippen molar-refractivity contribution in [2.45, 2.75) is 39.7 Å². The number of ether oxygens (including phenoxy) is 1. The smallest absolute Gasteiger partial charge is 0.246 e. The van der Waals surface area contributed by atoms with Crippen LogP contribution in [0.5, 0.6) is 0 Å². The van der Waals surface area contributed by atoms with Gasteiger partial charge in [-0.05, 0) is 18.4 Å². The summed E-state index contributed by atoms with van der Waals surface area (Å²) in [5.74, 6) is 0.413. The summed E-state index contributed by atoms with van der Waals surface area (Å²) in [7, 11) is 0. The van der Waals surface area contributed by atoms with Crippen LogP contribution in [-0.4, -0.2) is 19.1 Å². The summed E-state index contributed by atoms with van der Waals surface area (Å²) < 4.78 is 5.17. The maximum absolute atomic E-state index is 11.9. The van der Waals surface area contributed by atoms with E-state index in [2.05, 4.69) is 31.3 Å². The Bertz CT molecular complexity index is 360. The molecule has 3 heteroatoms. The van der Waals surface area contributed by atoms with Crippen LogP contribution in [0.3, 0.4) is 0 Å². The predicted molar refractivity (Wildman–Crippen MR) is 77.9 cm³/mol. The second kappa shape index (κ2) is 8.70. The van der Waals surface area contributed by atoms with Gasteiger partial charge in [0.2, 0.25) is 5.91 Å². The van der Waals surface area contributed by atoms with Gasteiger partial charge in [-0.25, -0.2) is 0 Å². The van der Waals surface area contributed by atoms with Gasteiger partial charge in [0.05, 0.1) is 6.04 Å². The fraction of sp³-hybridized carbons (Fsp3) is 0.562. The number of amides is 1. The Balaban J connectivity index is 2.78. The fourth-order valence-electron chi connectivity index (χ4n) is 2.30. The summed E-state index contributed by atoms with van der Waals surface area (Å²) in [6.07, 6.45) is 2.09. The van der Waals surface area contributed by atoms with Crippen molar-refractivity contribution in [2.75, 3.05) is 13.2 Å². The molecule has 0 saturated carbocycles. The van der Waals surface area contributed by atoms with Gasteiger partial charge in [0, 0.05) is 6.61 Å². The first kappa shape index (κ1) is 15.7. The summed E-state index contributed by atoms with van der Waals surface area (Å²) in [6, 6.07) is 10.2. The highest BCUT2D eigenvalue weighted by Crippen LogP contribution is 2.27. The molecule has 0 fully saturated rings. The zero-order valence-corrected chi connectivity index (χ0v) is 12.2. The Labute approximate surface area is 116 Å². The van der Waals surface area contributed by atoms with E-state index in [1.807, 2.05) is 25.1 Å². The second-order valence-electron chi connectivity index (χ2n) is 4.67. The summed E-state index contributed by atoms with van der Waals surface area (Å²) in [4.78, 5) is 11.9. The minimum atomic E-state index is -0.0393. The lowest BCUT2D eigenvalue weighted by molar-refractivity contribution is -0.126. The van der Waals surface area contributed by atoms with E-state index in [0.717, 1.165) is 12.8 Å². The van der Waals surface area contributed by atoms with Gasteiger partial charge in [0.25, 0.3) is 0 Å². The molecule has 0 aliphatic rings. The van der Waals surface area contributed by atoms with Crippen LogP contribution in [0, 0.1) is 5.92 Å². The van der Waals surface area contributed by atoms with Crippen molar-refractivity contribution in [3.63, 3.8) is 0 Å². The third-order valence-corrected chi connectivity index (χ3v) is 3.43. The molecule has 1 amide bonds. The molecule has 1 N–H and O–H groups in total. The molecule has 0 aliphatic carbocycles. The molecular weight excluding hydrogens is 238 g/mol. The lowest BCUT2D eigenvalue weighted by atomic mass is 9.89. The Morgan fingerprint density at radius 3 is 2.32 bits per heavy atom. The lowest BCUT2D eigenvalue weighted by Crippen LogP contribution is -2.35. The lowest BCUT2D eigenvalue weighted by Gasteiger charge is -2.27. The van der Waals surface area contributed by atoms with Crippen LogP contribution in [0.4, 0.5) is 0 Å². The maximum atomic E-state index is 11.9. The fourth-order valence-corrected chi connectivity index (χ4v) is 2.30. The third kappa shape index (κ3) is 5.03. The molecule has 0 saturated heterocycles. The van der Waals surface area contributed by atoms with Crippen molar-refractivity contribution in [1.29, 1.82) is 0 Å². The first-order chi connectivity index (χ1) is 9.22. The number of carbonyl (C=O) groups is 1. The van der Waals surface area contributed by atoms with Crippen molar-refractivity contribution >= 4 is 5.91 Å². The first-order valence-electron chi connectivity index (χ1n) is 7.14. The summed E-state index contributed by atoms with van der Waals surface area (Å²) in [6.45, 7) is 6.93. The molecule has 3 nitrogen and oxygen atoms in total. The molecule has 0 heterocycles. The molecule has 1 aromatic rings. The molecule has 0 aromatic heterocycles. The van der Waals surface area contributed by atoms with Crippen molar-refractivity contribution in [1.82, 2.24) is 5.32 Å². The van der Waals surface area contributed by atoms with Crippen molar-refractivity contribution < 1.29 is 9.53 Å². The minimum Gasteiger partial charge on any atom is -0.372 e. The maximum Gasteiger partial charge on any atom is 0.246 e. The van der Waals surface area contributed by atoms with E-state index in [1.165, 1.54) is 5.56 Å². The summed E-state index contributed by atoms with van der Waals surface area (Å²) >= 11 is 0. The Kier molecular flexibility index (Phi) is 7.19. The molecule has 1 unspecified atom stereocenters. The van der Waals surface area contributed by atoms with Gasteiger partial charge >= 0.3 is 0 Å². The summed E-state index contributed by atoms with van der Waals surface area (Å²) in [5.41, 5.74) is 1.17. The molecule has 1 rings (SSSR count). The molecule has 1 atom stereocenters. The van der Waals surface area contributed by atoms with Crippen LogP contribution >= 0.6 is 0 Å². The zero-order valence-electron chi connectivity index (χ0n) is 12.2. The van der Waals surface area contributed by atoms with E-state index in [1.54, 1.807) is 0 Å². The van der Waals surface area contributed by atoms with Gasteiger partial charge in [-0.1, -0.05) is 57.0 Å². The molecule has 106 valence electrons. The predicted octanol–water partition coefficient (Wildman–Crippen LogP) is 3.32. The SMILES string of the molecule is CCOCC(=O)NC(c1ccccc1)C(CC)CC. The standard InChI is InChI=1S/C16H25NO2/c1-4-13(5-2)16(14-10-8-7-9-11-14)17-15(18)12-19-6-3/h7-11,13,16H,4-6,12H2,1-3H3,(H,17,18). The topological polar surface area (TPSA) is 38.3 Å². The van der Waals surface area contributed by atoms with E-state index in [4.69, 9.17) is 4.74 Å². The average molecular weight is 263 g/mol. The van der Waals surface area contributed by atoms with Gasteiger partial charge in [0.15, 0.2) is 0 Å². The Hall–Kier alpha value is -1.35. The highest BCUT2D eigenvalue weighted by Gasteiger charge is 2.22. The molecule has 0 aliphatic heterocycles. The van der Waals surface area contributed by atoms with Gasteiger partial charge in [0.1, 0.15) is 6.61 Å². The highest BCUT2D eigenvalue weighted by molar-refractivity contribution is 5.77. The summed E-state index contributed by atoms with van der Waals surface area (Å²) in [5, 5.41) is 3.11. The van der Waals surface area contributed by atoms with E-state index in [-0.39, 0.29) is 18.6 Å². The number of hydrogen-bond acceptors (Lipinski definition) is 2. The number of rotatable bonds is 8. The molecule has 0 spiro atoms. The van der Waals surface area contributed by atoms with Crippen molar-refractivity contribution in [3.8, 4) is 0 Å². The minimum absolute atomic E-state index is 0.0393. The molecule has 0 radical (unpaired) electrons. The van der Waals surface area contributed by atoms with Gasteiger partial charge in [-0.2, -0.15) is 0 Å². The quantitative estimate of drug-likeness (QED) is 0.781. The number of carbonyl (C=O) groups excluding carboxylic acids is 1. The van der Waals surface area contributed by atoms with E-state index >= 15 is 0 Å². The van der Waals surface area contributed by atoms with Gasteiger partial charge in [-0.3, -0.25) is 4.79 Å². The first-order valence-corrected chi connectivity index (χ1v) is 7.14. The largest absolute Gasteiger partial charge is 0.372 e. The van der Waals surface area contributed by atoms with Crippen molar-refractivity contribution in [3.05, 3.63) is 35.9 Å². The second-order valence-corrected chi connectivity index (χ2v) is 4.67. The third-order valence-electron chi connectivity index (χ3n) is 3.43. The monoisotopic (exact) mass is 263 g/mol. The van der Waals surface area contributed by atoms with E-state index in [9.17, 15) is 4.79 Å². The van der Waals surface area contributed by atoms with Crippen LogP contribution in [0.2, 0.25) is 0 Å². The Morgan fingerprint density at radius 2 is 1.79 bits per heavy atom. The van der Waals surface area contributed by atoms with Crippen molar-refractivity contribution in [2.24, 2.45) is 5.92 Å². The van der Waals surface area contributed by atoms with Crippen LogP contribution in [-0.2, 0) is 9.53 Å². The van der Waals surface area contributed by atoms with Crippen LogP contribution in [0.25, 0.3) is 0 Å². The highest BCUT2D eigenvalue weighted by atomic mass is 16.5. The zero-order chi connectivity index (χ0) is 14.1. The molecule has 19 heavy (non-hydrogen) atoms. The van der Waals surface area contributed by atoms with Gasteiger partial charge in [-0.15, -0.1) is 0 Å². The number of nitrogens with one attached hydrogen (secondary N) is 1. The Morgan fingerprint density at radius 1 is 1.16 bits per heavy atom. The van der Waals surface area contributed by atoms with E-state index < -0.39 is 0 Å².